The van der Waals surface area contributed by atoms with Crippen LogP contribution in [0.4, 0.5) is 5.69 Å². The van der Waals surface area contributed by atoms with Crippen LogP contribution >= 0.6 is 0 Å². The first-order valence-corrected chi connectivity index (χ1v) is 7.78. The van der Waals surface area contributed by atoms with Gasteiger partial charge in [0.1, 0.15) is 6.42 Å². The Hall–Kier alpha value is -2.37. The first-order valence-electron chi connectivity index (χ1n) is 7.78. The Balaban J connectivity index is 1.88. The van der Waals surface area contributed by atoms with Crippen molar-refractivity contribution < 1.29 is 14.4 Å². The number of anilines is 1. The maximum atomic E-state index is 12.2. The predicted octanol–water partition coefficient (Wildman–Crippen LogP) is 1.32. The maximum Gasteiger partial charge on any atom is 0.233 e. The SMILES string of the molecule is CC(=O)N1CCN(C(=O)CC(=O)Nc2c(C)cccc2C)CC1. The monoisotopic (exact) mass is 317 g/mol. The van der Waals surface area contributed by atoms with E-state index in [1.165, 1.54) is 6.92 Å². The number of amides is 3. The van der Waals surface area contributed by atoms with Crippen LogP contribution in [0.3, 0.4) is 0 Å². The van der Waals surface area contributed by atoms with Gasteiger partial charge in [-0.2, -0.15) is 0 Å². The quantitative estimate of drug-likeness (QED) is 0.855. The zero-order chi connectivity index (χ0) is 17.0. The number of carbonyl (C=O) groups excluding carboxylic acids is 3. The third-order valence-electron chi connectivity index (χ3n) is 4.14. The second-order valence-electron chi connectivity index (χ2n) is 5.88. The molecule has 0 unspecified atom stereocenters. The number of aryl methyl sites for hydroxylation is 2. The third kappa shape index (κ3) is 4.31. The van der Waals surface area contributed by atoms with Crippen LogP contribution in [0.25, 0.3) is 0 Å². The fraction of sp³-hybridized carbons (Fsp3) is 0.471. The standard InChI is InChI=1S/C17H23N3O3/c1-12-5-4-6-13(2)17(12)18-15(22)11-16(23)20-9-7-19(8-10-20)14(3)21/h4-6H,7-11H2,1-3H3,(H,18,22). The Morgan fingerprint density at radius 3 is 2.04 bits per heavy atom. The van der Waals surface area contributed by atoms with E-state index in [4.69, 9.17) is 0 Å². The van der Waals surface area contributed by atoms with Crippen LogP contribution in [0.5, 0.6) is 0 Å². The van der Waals surface area contributed by atoms with Crippen molar-refractivity contribution >= 4 is 23.4 Å². The number of hydrogen-bond donors (Lipinski definition) is 1. The van der Waals surface area contributed by atoms with E-state index >= 15 is 0 Å². The molecular formula is C17H23N3O3. The average molecular weight is 317 g/mol. The van der Waals surface area contributed by atoms with Crippen LogP contribution in [0, 0.1) is 13.8 Å². The minimum absolute atomic E-state index is 0.0184. The minimum Gasteiger partial charge on any atom is -0.339 e. The number of hydrogen-bond acceptors (Lipinski definition) is 3. The number of carbonyl (C=O) groups is 3. The number of nitrogens with zero attached hydrogens (tertiary/aromatic N) is 2. The van der Waals surface area contributed by atoms with Gasteiger partial charge in [-0.15, -0.1) is 0 Å². The largest absolute Gasteiger partial charge is 0.339 e. The van der Waals surface area contributed by atoms with E-state index in [2.05, 4.69) is 5.32 Å². The van der Waals surface area contributed by atoms with Crippen LogP contribution in [0.2, 0.25) is 0 Å². The van der Waals surface area contributed by atoms with Crippen molar-refractivity contribution in [3.63, 3.8) is 0 Å². The van der Waals surface area contributed by atoms with Crippen LogP contribution in [0.1, 0.15) is 24.5 Å². The average Bonchev–Trinajstić information content (AvgIpc) is 2.51. The number of benzene rings is 1. The molecule has 1 aliphatic heterocycles. The summed E-state index contributed by atoms with van der Waals surface area (Å²) in [6.07, 6.45) is -0.173. The lowest BCUT2D eigenvalue weighted by Gasteiger charge is -2.34. The molecular weight excluding hydrogens is 294 g/mol. The first kappa shape index (κ1) is 17.0. The second-order valence-corrected chi connectivity index (χ2v) is 5.88. The van der Waals surface area contributed by atoms with Crippen molar-refractivity contribution in [3.8, 4) is 0 Å². The summed E-state index contributed by atoms with van der Waals surface area (Å²) in [6.45, 7) is 7.38. The van der Waals surface area contributed by atoms with Gasteiger partial charge in [0.25, 0.3) is 0 Å². The number of nitrogens with one attached hydrogen (secondary N) is 1. The molecule has 1 saturated heterocycles. The lowest BCUT2D eigenvalue weighted by Crippen LogP contribution is -2.50. The predicted molar refractivity (Wildman–Crippen MR) is 88.0 cm³/mol. The van der Waals surface area contributed by atoms with E-state index in [9.17, 15) is 14.4 Å². The molecule has 23 heavy (non-hydrogen) atoms. The molecule has 0 radical (unpaired) electrons. The van der Waals surface area contributed by atoms with Crippen LogP contribution in [0.15, 0.2) is 18.2 Å². The third-order valence-corrected chi connectivity index (χ3v) is 4.14. The van der Waals surface area contributed by atoms with E-state index in [0.29, 0.717) is 26.2 Å². The highest BCUT2D eigenvalue weighted by molar-refractivity contribution is 6.04. The van der Waals surface area contributed by atoms with E-state index in [0.717, 1.165) is 16.8 Å². The van der Waals surface area contributed by atoms with Crippen molar-refractivity contribution in [2.75, 3.05) is 31.5 Å². The van der Waals surface area contributed by atoms with Crippen molar-refractivity contribution in [1.82, 2.24) is 9.80 Å². The van der Waals surface area contributed by atoms with E-state index in [1.54, 1.807) is 9.80 Å². The van der Waals surface area contributed by atoms with Gasteiger partial charge in [-0.3, -0.25) is 14.4 Å². The zero-order valence-electron chi connectivity index (χ0n) is 13.9. The van der Waals surface area contributed by atoms with Gasteiger partial charge in [0.2, 0.25) is 17.7 Å². The molecule has 0 bridgehead atoms. The van der Waals surface area contributed by atoms with Crippen LogP contribution in [-0.4, -0.2) is 53.7 Å². The van der Waals surface area contributed by atoms with E-state index < -0.39 is 0 Å². The van der Waals surface area contributed by atoms with Crippen molar-refractivity contribution in [1.29, 1.82) is 0 Å². The highest BCUT2D eigenvalue weighted by Crippen LogP contribution is 2.19. The summed E-state index contributed by atoms with van der Waals surface area (Å²) in [4.78, 5) is 39.0. The summed E-state index contributed by atoms with van der Waals surface area (Å²) in [5, 5.41) is 2.82. The van der Waals surface area contributed by atoms with Gasteiger partial charge in [0.15, 0.2) is 0 Å². The molecule has 3 amide bonds. The van der Waals surface area contributed by atoms with Gasteiger partial charge >= 0.3 is 0 Å². The molecule has 0 aliphatic carbocycles. The van der Waals surface area contributed by atoms with Gasteiger partial charge < -0.3 is 15.1 Å². The van der Waals surface area contributed by atoms with Gasteiger partial charge in [0, 0.05) is 38.8 Å². The summed E-state index contributed by atoms with van der Waals surface area (Å²) >= 11 is 0. The molecule has 6 heteroatoms. The Morgan fingerprint density at radius 2 is 1.52 bits per heavy atom. The summed E-state index contributed by atoms with van der Waals surface area (Å²) in [5.41, 5.74) is 2.72. The van der Waals surface area contributed by atoms with Crippen molar-refractivity contribution in [2.45, 2.75) is 27.2 Å². The number of piperazine rings is 1. The molecule has 1 aromatic carbocycles. The molecule has 6 nitrogen and oxygen atoms in total. The summed E-state index contributed by atoms with van der Waals surface area (Å²) in [6, 6.07) is 5.77. The highest BCUT2D eigenvalue weighted by atomic mass is 16.2. The lowest BCUT2D eigenvalue weighted by molar-refractivity contribution is -0.140. The van der Waals surface area contributed by atoms with Gasteiger partial charge in [-0.25, -0.2) is 0 Å². The molecule has 1 fully saturated rings. The smallest absolute Gasteiger partial charge is 0.233 e. The summed E-state index contributed by atoms with van der Waals surface area (Å²) < 4.78 is 0. The van der Waals surface area contributed by atoms with E-state index in [-0.39, 0.29) is 24.1 Å². The minimum atomic E-state index is -0.304. The molecule has 1 heterocycles. The Bertz CT molecular complexity index is 599. The van der Waals surface area contributed by atoms with Crippen LogP contribution in [-0.2, 0) is 14.4 Å². The second kappa shape index (κ2) is 7.26. The number of para-hydroxylation sites is 1. The topological polar surface area (TPSA) is 69.7 Å². The molecule has 0 atom stereocenters. The van der Waals surface area contributed by atoms with Crippen molar-refractivity contribution in [3.05, 3.63) is 29.3 Å². The van der Waals surface area contributed by atoms with E-state index in [1.807, 2.05) is 32.0 Å². The fourth-order valence-electron chi connectivity index (χ4n) is 2.72. The normalized spacial score (nSPS) is 14.6. The van der Waals surface area contributed by atoms with Crippen LogP contribution < -0.4 is 5.32 Å². The van der Waals surface area contributed by atoms with Crippen molar-refractivity contribution in [2.24, 2.45) is 0 Å². The Kier molecular flexibility index (Phi) is 5.36. The fourth-order valence-corrected chi connectivity index (χ4v) is 2.72. The first-order chi connectivity index (χ1) is 10.9. The highest BCUT2D eigenvalue weighted by Gasteiger charge is 2.24. The van der Waals surface area contributed by atoms with Gasteiger partial charge in [-0.05, 0) is 25.0 Å². The lowest BCUT2D eigenvalue weighted by atomic mass is 10.1. The Morgan fingerprint density at radius 1 is 1.00 bits per heavy atom. The molecule has 124 valence electrons. The maximum absolute atomic E-state index is 12.2. The molecule has 1 aromatic rings. The summed E-state index contributed by atoms with van der Waals surface area (Å²) in [5.74, 6) is -0.483. The molecule has 2 rings (SSSR count). The molecule has 0 spiro atoms. The summed E-state index contributed by atoms with van der Waals surface area (Å²) in [7, 11) is 0. The van der Waals surface area contributed by atoms with Gasteiger partial charge in [0.05, 0.1) is 0 Å². The zero-order valence-corrected chi connectivity index (χ0v) is 13.9. The number of rotatable bonds is 3. The molecule has 1 N–H and O–H groups in total. The van der Waals surface area contributed by atoms with Gasteiger partial charge in [-0.1, -0.05) is 18.2 Å². The molecule has 0 saturated carbocycles. The Labute approximate surface area is 136 Å². The molecule has 1 aliphatic rings. The molecule has 0 aromatic heterocycles.